The summed E-state index contributed by atoms with van der Waals surface area (Å²) in [5, 5.41) is 22.0. The predicted molar refractivity (Wildman–Crippen MR) is 130 cm³/mol. The van der Waals surface area contributed by atoms with Crippen molar-refractivity contribution in [3.63, 3.8) is 0 Å². The fraction of sp³-hybridized carbons (Fsp3) is 0.417. The molecule has 2 N–H and O–H groups in total. The van der Waals surface area contributed by atoms with Gasteiger partial charge < -0.3 is 14.5 Å². The van der Waals surface area contributed by atoms with E-state index in [9.17, 15) is 8.78 Å². The van der Waals surface area contributed by atoms with E-state index in [1.165, 1.54) is 12.1 Å². The molecule has 1 aliphatic carbocycles. The molecular formula is C24H25F2N7OS. The van der Waals surface area contributed by atoms with Crippen LogP contribution in [0.4, 0.5) is 14.6 Å². The lowest BCUT2D eigenvalue weighted by Crippen LogP contribution is -2.46. The van der Waals surface area contributed by atoms with Gasteiger partial charge in [0.25, 0.3) is 0 Å². The molecule has 3 fully saturated rings. The third kappa shape index (κ3) is 3.59. The molecule has 4 heterocycles. The summed E-state index contributed by atoms with van der Waals surface area (Å²) in [5.41, 5.74) is 0.822. The van der Waals surface area contributed by atoms with E-state index in [0.717, 1.165) is 30.7 Å². The minimum absolute atomic E-state index is 0.0752. The van der Waals surface area contributed by atoms with Gasteiger partial charge in [-0.2, -0.15) is 5.10 Å². The van der Waals surface area contributed by atoms with Crippen molar-refractivity contribution in [2.24, 2.45) is 5.92 Å². The molecule has 182 valence electrons. The van der Waals surface area contributed by atoms with Crippen LogP contribution in [-0.4, -0.2) is 62.1 Å². The van der Waals surface area contributed by atoms with Crippen LogP contribution in [0, 0.1) is 28.4 Å². The number of hydrogen-bond acceptors (Lipinski definition) is 7. The zero-order valence-corrected chi connectivity index (χ0v) is 20.0. The van der Waals surface area contributed by atoms with Crippen molar-refractivity contribution in [3.8, 4) is 0 Å². The first-order valence-corrected chi connectivity index (χ1v) is 12.5. The number of morpholine rings is 1. The van der Waals surface area contributed by atoms with Gasteiger partial charge in [-0.25, -0.2) is 18.3 Å². The Morgan fingerprint density at radius 2 is 2.09 bits per heavy atom. The van der Waals surface area contributed by atoms with Gasteiger partial charge in [0.05, 0.1) is 36.6 Å². The second-order valence-electron chi connectivity index (χ2n) is 9.36. The number of hydrogen-bond donors (Lipinski definition) is 2. The van der Waals surface area contributed by atoms with Gasteiger partial charge in [0.15, 0.2) is 10.8 Å². The topological polar surface area (TPSA) is 93.6 Å². The number of fused-ring (bicyclic) bond motifs is 2. The highest BCUT2D eigenvalue weighted by Crippen LogP contribution is 2.63. The SMILES string of the molecule is C[C@H]1COCCN1C(=N)SC(=N)c1cnn2ccc(N3CC[C@H]4C[C@]43c3cc(F)ccc3F)nc12. The summed E-state index contributed by atoms with van der Waals surface area (Å²) >= 11 is 1.07. The van der Waals surface area contributed by atoms with Gasteiger partial charge in [-0.15, -0.1) is 0 Å². The first kappa shape index (κ1) is 22.4. The predicted octanol–water partition coefficient (Wildman–Crippen LogP) is 3.85. The number of aromatic nitrogens is 3. The zero-order chi connectivity index (χ0) is 24.3. The van der Waals surface area contributed by atoms with Crippen LogP contribution in [0.15, 0.2) is 36.7 Å². The van der Waals surface area contributed by atoms with Gasteiger partial charge in [-0.05, 0) is 61.7 Å². The number of piperidine rings is 1. The average Bonchev–Trinajstić information content (AvgIpc) is 3.22. The molecule has 3 aromatic rings. The molecule has 11 heteroatoms. The third-order valence-electron chi connectivity index (χ3n) is 7.35. The summed E-state index contributed by atoms with van der Waals surface area (Å²) in [6, 6.07) is 5.55. The molecule has 1 saturated carbocycles. The molecule has 2 aliphatic heterocycles. The Morgan fingerprint density at radius 1 is 1.23 bits per heavy atom. The van der Waals surface area contributed by atoms with Crippen LogP contribution in [0.25, 0.3) is 5.65 Å². The smallest absolute Gasteiger partial charge is 0.167 e. The van der Waals surface area contributed by atoms with Crippen molar-refractivity contribution in [1.82, 2.24) is 19.5 Å². The molecule has 3 aliphatic rings. The largest absolute Gasteiger partial charge is 0.377 e. The minimum Gasteiger partial charge on any atom is -0.377 e. The van der Waals surface area contributed by atoms with Crippen LogP contribution >= 0.6 is 11.8 Å². The fourth-order valence-corrected chi connectivity index (χ4v) is 6.34. The molecule has 3 atom stereocenters. The molecule has 6 rings (SSSR count). The molecular weight excluding hydrogens is 472 g/mol. The molecule has 1 aromatic carbocycles. The van der Waals surface area contributed by atoms with Crippen molar-refractivity contribution in [2.75, 3.05) is 31.2 Å². The Morgan fingerprint density at radius 3 is 2.89 bits per heavy atom. The zero-order valence-electron chi connectivity index (χ0n) is 19.2. The lowest BCUT2D eigenvalue weighted by Gasteiger charge is -2.34. The second-order valence-corrected chi connectivity index (χ2v) is 10.4. The van der Waals surface area contributed by atoms with Crippen LogP contribution in [0.3, 0.4) is 0 Å². The Kier molecular flexibility index (Phi) is 5.29. The standard InChI is InChI=1S/C24H25F2N7OS/c1-14-13-34-9-8-31(14)23(28)35-21(27)17-12-29-33-7-5-20(30-22(17)33)32-6-4-15-11-24(15,32)18-10-16(25)2-3-19(18)26/h2-3,5,7,10,12,14-15,27-28H,4,6,8-9,11,13H2,1H3/t14-,15-,24+/m0/s1. The summed E-state index contributed by atoms with van der Waals surface area (Å²) in [6.07, 6.45) is 5.01. The van der Waals surface area contributed by atoms with E-state index in [2.05, 4.69) is 10.00 Å². The number of anilines is 1. The summed E-state index contributed by atoms with van der Waals surface area (Å²) in [6.45, 7) is 4.43. The minimum atomic E-state index is -0.589. The van der Waals surface area contributed by atoms with Crippen LogP contribution < -0.4 is 4.90 Å². The number of nitrogens with one attached hydrogen (secondary N) is 2. The molecule has 0 unspecified atom stereocenters. The molecule has 8 nitrogen and oxygen atoms in total. The van der Waals surface area contributed by atoms with E-state index in [1.807, 2.05) is 17.9 Å². The Labute approximate surface area is 205 Å². The van der Waals surface area contributed by atoms with E-state index in [1.54, 1.807) is 16.9 Å². The lowest BCUT2D eigenvalue weighted by atomic mass is 10.0. The molecule has 0 bridgehead atoms. The number of amidine groups is 1. The second kappa shape index (κ2) is 8.27. The van der Waals surface area contributed by atoms with E-state index in [-0.39, 0.29) is 17.0 Å². The van der Waals surface area contributed by atoms with Crippen LogP contribution in [0.1, 0.15) is 30.9 Å². The fourth-order valence-electron chi connectivity index (χ4n) is 5.51. The van der Waals surface area contributed by atoms with Gasteiger partial charge in [-0.3, -0.25) is 10.8 Å². The highest BCUT2D eigenvalue weighted by molar-refractivity contribution is 8.26. The highest BCUT2D eigenvalue weighted by Gasteiger charge is 2.64. The highest BCUT2D eigenvalue weighted by atomic mass is 32.2. The van der Waals surface area contributed by atoms with Crippen LogP contribution in [0.5, 0.6) is 0 Å². The quantitative estimate of drug-likeness (QED) is 0.422. The molecule has 2 saturated heterocycles. The summed E-state index contributed by atoms with van der Waals surface area (Å²) in [5.74, 6) is 0.0573. The van der Waals surface area contributed by atoms with Gasteiger partial charge in [0, 0.05) is 24.8 Å². The summed E-state index contributed by atoms with van der Waals surface area (Å²) in [7, 11) is 0. The van der Waals surface area contributed by atoms with E-state index in [0.29, 0.717) is 54.1 Å². The van der Waals surface area contributed by atoms with Gasteiger partial charge >= 0.3 is 0 Å². The molecule has 0 spiro atoms. The normalized spacial score (nSPS) is 25.7. The van der Waals surface area contributed by atoms with Gasteiger partial charge in [-0.1, -0.05) is 0 Å². The van der Waals surface area contributed by atoms with Crippen molar-refractivity contribution in [2.45, 2.75) is 31.3 Å². The Hall–Kier alpha value is -3.05. The van der Waals surface area contributed by atoms with Crippen LogP contribution in [0.2, 0.25) is 0 Å². The monoisotopic (exact) mass is 497 g/mol. The lowest BCUT2D eigenvalue weighted by molar-refractivity contribution is 0.0344. The van der Waals surface area contributed by atoms with Crippen molar-refractivity contribution >= 4 is 33.4 Å². The first-order chi connectivity index (χ1) is 16.9. The van der Waals surface area contributed by atoms with E-state index in [4.69, 9.17) is 20.5 Å². The first-order valence-electron chi connectivity index (χ1n) is 11.7. The number of thioether (sulfide) groups is 1. The molecule has 2 aromatic heterocycles. The average molecular weight is 498 g/mol. The Balaban J connectivity index is 1.30. The van der Waals surface area contributed by atoms with Gasteiger partial charge in [0.2, 0.25) is 0 Å². The maximum atomic E-state index is 14.8. The number of halogens is 2. The number of rotatable bonds is 3. The molecule has 0 amide bonds. The maximum Gasteiger partial charge on any atom is 0.167 e. The van der Waals surface area contributed by atoms with E-state index >= 15 is 0 Å². The van der Waals surface area contributed by atoms with Crippen molar-refractivity contribution in [1.29, 1.82) is 10.8 Å². The van der Waals surface area contributed by atoms with Crippen molar-refractivity contribution < 1.29 is 13.5 Å². The molecule has 0 radical (unpaired) electrons. The molecule has 35 heavy (non-hydrogen) atoms. The number of nitrogens with zero attached hydrogens (tertiary/aromatic N) is 5. The third-order valence-corrected chi connectivity index (χ3v) is 8.21. The summed E-state index contributed by atoms with van der Waals surface area (Å²) in [4.78, 5) is 8.83. The maximum absolute atomic E-state index is 14.8. The number of benzene rings is 1. The van der Waals surface area contributed by atoms with E-state index < -0.39 is 17.2 Å². The number of ether oxygens (including phenoxy) is 1. The summed E-state index contributed by atoms with van der Waals surface area (Å²) < 4.78 is 35.8. The van der Waals surface area contributed by atoms with Gasteiger partial charge in [0.1, 0.15) is 22.5 Å². The van der Waals surface area contributed by atoms with Crippen LogP contribution in [-0.2, 0) is 10.3 Å². The Bertz CT molecular complexity index is 1350. The van der Waals surface area contributed by atoms with Crippen molar-refractivity contribution in [3.05, 3.63) is 59.4 Å².